The highest BCUT2D eigenvalue weighted by Gasteiger charge is 2.10. The van der Waals surface area contributed by atoms with Crippen LogP contribution in [0.2, 0.25) is 0 Å². The van der Waals surface area contributed by atoms with Gasteiger partial charge in [0.1, 0.15) is 0 Å². The highest BCUT2D eigenvalue weighted by Crippen LogP contribution is 2.10. The fourth-order valence-electron chi connectivity index (χ4n) is 1.46. The third-order valence-corrected chi connectivity index (χ3v) is 2.55. The number of carbonyl (C=O) groups is 1. The lowest BCUT2D eigenvalue weighted by Crippen LogP contribution is -2.12. The third kappa shape index (κ3) is 2.84. The molecule has 0 atom stereocenters. The molecule has 0 unspecified atom stereocenters. The van der Waals surface area contributed by atoms with Gasteiger partial charge in [-0.1, -0.05) is 0 Å². The van der Waals surface area contributed by atoms with Crippen LogP contribution in [0.15, 0.2) is 24.4 Å². The normalized spacial score (nSPS) is 9.74. The van der Waals surface area contributed by atoms with E-state index >= 15 is 0 Å². The summed E-state index contributed by atoms with van der Waals surface area (Å²) in [5.74, 6) is 0.517. The van der Waals surface area contributed by atoms with E-state index in [9.17, 15) is 4.79 Å². The molecule has 0 saturated carbocycles. The zero-order valence-corrected chi connectivity index (χ0v) is 10.5. The predicted molar refractivity (Wildman–Crippen MR) is 68.8 cm³/mol. The topological polar surface area (TPSA) is 100.0 Å². The Kier molecular flexibility index (Phi) is 3.38. The number of diazo groups is 1. The van der Waals surface area contributed by atoms with Crippen molar-refractivity contribution in [2.45, 2.75) is 6.92 Å². The van der Waals surface area contributed by atoms with E-state index in [0.29, 0.717) is 17.2 Å². The third-order valence-electron chi connectivity index (χ3n) is 2.55. The quantitative estimate of drug-likeness (QED) is 0.642. The smallest absolute Gasteiger partial charge is 0.305 e. The maximum Gasteiger partial charge on any atom is 0.309 e. The standard InChI is InChI=1S/C11H11N7O/c1-7-5-10(16-18(7)2)14-11(19)8-3-4-9(13-6-8)15-17-12/h3-6H,1-2H3,(H-,13,14,15,16,19)/p+1. The zero-order chi connectivity index (χ0) is 13.8. The van der Waals surface area contributed by atoms with Crippen molar-refractivity contribution >= 4 is 17.5 Å². The second-order valence-corrected chi connectivity index (χ2v) is 3.89. The number of nitrogens with one attached hydrogen (secondary N) is 2. The Morgan fingerprint density at radius 3 is 2.74 bits per heavy atom. The van der Waals surface area contributed by atoms with Crippen LogP contribution < -0.4 is 10.7 Å². The summed E-state index contributed by atoms with van der Waals surface area (Å²) in [6.07, 6.45) is 1.37. The van der Waals surface area contributed by atoms with Crippen LogP contribution in [0.3, 0.4) is 0 Å². The van der Waals surface area contributed by atoms with Crippen molar-refractivity contribution in [2.75, 3.05) is 10.7 Å². The van der Waals surface area contributed by atoms with E-state index in [4.69, 9.17) is 5.39 Å². The first-order chi connectivity index (χ1) is 9.10. The fraction of sp³-hybridized carbons (Fsp3) is 0.182. The molecule has 8 heteroatoms. The summed E-state index contributed by atoms with van der Waals surface area (Å²) in [6.45, 7) is 1.89. The number of hydrogen-bond donors (Lipinski definition) is 2. The molecule has 0 saturated heterocycles. The minimum atomic E-state index is -0.307. The van der Waals surface area contributed by atoms with Crippen molar-refractivity contribution in [3.8, 4) is 0 Å². The summed E-state index contributed by atoms with van der Waals surface area (Å²) in [6, 6.07) is 4.86. The van der Waals surface area contributed by atoms with E-state index in [1.54, 1.807) is 23.9 Å². The lowest BCUT2D eigenvalue weighted by molar-refractivity contribution is 0.102. The van der Waals surface area contributed by atoms with Crippen molar-refractivity contribution in [1.82, 2.24) is 14.8 Å². The maximum atomic E-state index is 11.9. The number of anilines is 2. The Bertz CT molecular complexity index is 619. The second kappa shape index (κ2) is 5.14. The second-order valence-electron chi connectivity index (χ2n) is 3.89. The maximum absolute atomic E-state index is 11.9. The zero-order valence-electron chi connectivity index (χ0n) is 10.5. The van der Waals surface area contributed by atoms with Gasteiger partial charge in [-0.15, -0.1) is 0 Å². The van der Waals surface area contributed by atoms with Crippen molar-refractivity contribution < 1.29 is 4.79 Å². The molecule has 2 aromatic heterocycles. The predicted octanol–water partition coefficient (Wildman–Crippen LogP) is 1.56. The van der Waals surface area contributed by atoms with Crippen LogP contribution in [-0.2, 0) is 7.05 Å². The van der Waals surface area contributed by atoms with Crippen molar-refractivity contribution in [2.24, 2.45) is 7.05 Å². The highest BCUT2D eigenvalue weighted by atomic mass is 16.1. The summed E-state index contributed by atoms with van der Waals surface area (Å²) in [4.78, 5) is 15.8. The van der Waals surface area contributed by atoms with Crippen LogP contribution in [0.4, 0.5) is 11.6 Å². The molecule has 0 bridgehead atoms. The minimum absolute atomic E-state index is 0.307. The van der Waals surface area contributed by atoms with Crippen LogP contribution in [-0.4, -0.2) is 20.7 Å². The van der Waals surface area contributed by atoms with Gasteiger partial charge >= 0.3 is 5.08 Å². The first-order valence-corrected chi connectivity index (χ1v) is 5.48. The number of hydrogen-bond acceptors (Lipinski definition) is 5. The number of carbonyl (C=O) groups excluding carboxylic acids is 1. The Labute approximate surface area is 109 Å². The van der Waals surface area contributed by atoms with Crippen LogP contribution in [0, 0.1) is 12.3 Å². The first kappa shape index (κ1) is 12.5. The van der Waals surface area contributed by atoms with Gasteiger partial charge in [-0.05, 0) is 19.1 Å². The molecule has 8 nitrogen and oxygen atoms in total. The van der Waals surface area contributed by atoms with Crippen LogP contribution >= 0.6 is 0 Å². The van der Waals surface area contributed by atoms with Crippen LogP contribution in [0.25, 0.3) is 5.08 Å². The van der Waals surface area contributed by atoms with E-state index in [1.807, 2.05) is 6.92 Å². The molecule has 0 radical (unpaired) electrons. The van der Waals surface area contributed by atoms with Gasteiger partial charge in [0.15, 0.2) is 5.82 Å². The molecule has 2 heterocycles. The van der Waals surface area contributed by atoms with E-state index in [2.05, 4.69) is 25.9 Å². The Morgan fingerprint density at radius 2 is 2.21 bits per heavy atom. The monoisotopic (exact) mass is 258 g/mol. The Hall–Kier alpha value is -2.95. The van der Waals surface area contributed by atoms with Crippen molar-refractivity contribution in [1.29, 1.82) is 5.39 Å². The van der Waals surface area contributed by atoms with Gasteiger partial charge in [0.2, 0.25) is 5.82 Å². The number of nitrogens with zero attached hydrogens (tertiary/aromatic N) is 5. The largest absolute Gasteiger partial charge is 0.309 e. The van der Waals surface area contributed by atoms with Crippen LogP contribution in [0.5, 0.6) is 0 Å². The van der Waals surface area contributed by atoms with Gasteiger partial charge in [0.25, 0.3) is 11.3 Å². The molecular formula is C11H12N7O+. The van der Waals surface area contributed by atoms with E-state index < -0.39 is 0 Å². The number of rotatable bonds is 3. The molecule has 0 spiro atoms. The van der Waals surface area contributed by atoms with Crippen molar-refractivity contribution in [3.63, 3.8) is 0 Å². The molecular weight excluding hydrogens is 246 g/mol. The molecule has 96 valence electrons. The number of amides is 1. The Balaban J connectivity index is 2.09. The van der Waals surface area contributed by atoms with Crippen LogP contribution in [0.1, 0.15) is 16.1 Å². The van der Waals surface area contributed by atoms with E-state index in [1.165, 1.54) is 12.3 Å². The molecule has 0 aliphatic heterocycles. The average Bonchev–Trinajstić information content (AvgIpc) is 2.69. The number of aryl methyl sites for hydroxylation is 2. The molecule has 0 aliphatic rings. The van der Waals surface area contributed by atoms with Crippen molar-refractivity contribution in [3.05, 3.63) is 40.7 Å². The molecule has 2 rings (SSSR count). The Morgan fingerprint density at radius 1 is 1.42 bits per heavy atom. The summed E-state index contributed by atoms with van der Waals surface area (Å²) < 4.78 is 1.67. The van der Waals surface area contributed by atoms with Gasteiger partial charge in [-0.3, -0.25) is 9.48 Å². The van der Waals surface area contributed by atoms with E-state index in [0.717, 1.165) is 5.69 Å². The molecule has 2 N–H and O–H groups in total. The lowest BCUT2D eigenvalue weighted by atomic mass is 10.2. The summed E-state index contributed by atoms with van der Waals surface area (Å²) >= 11 is 0. The molecule has 0 fully saturated rings. The molecule has 0 aliphatic carbocycles. The summed E-state index contributed by atoms with van der Waals surface area (Å²) in [5.41, 5.74) is 3.58. The molecule has 1 amide bonds. The van der Waals surface area contributed by atoms with Gasteiger partial charge in [-0.25, -0.2) is 4.98 Å². The lowest BCUT2D eigenvalue weighted by Gasteiger charge is -2.01. The van der Waals surface area contributed by atoms with E-state index in [-0.39, 0.29) is 5.91 Å². The average molecular weight is 258 g/mol. The van der Waals surface area contributed by atoms with Gasteiger partial charge in [-0.2, -0.15) is 5.10 Å². The van der Waals surface area contributed by atoms with Gasteiger partial charge in [0, 0.05) is 30.4 Å². The summed E-state index contributed by atoms with van der Waals surface area (Å²) in [5, 5.41) is 17.8. The first-order valence-electron chi connectivity index (χ1n) is 5.48. The highest BCUT2D eigenvalue weighted by molar-refractivity contribution is 6.03. The fourth-order valence-corrected chi connectivity index (χ4v) is 1.46. The van der Waals surface area contributed by atoms with Gasteiger partial charge in [0.05, 0.1) is 5.56 Å². The molecule has 19 heavy (non-hydrogen) atoms. The van der Waals surface area contributed by atoms with Gasteiger partial charge < -0.3 is 5.32 Å². The molecule has 2 aromatic rings. The SMILES string of the molecule is Cc1cc(NC(=O)c2ccc(N[N+]#N)nc2)nn1C. The molecule has 0 aromatic carbocycles. The minimum Gasteiger partial charge on any atom is -0.305 e. The number of pyridine rings is 1. The summed E-state index contributed by atoms with van der Waals surface area (Å²) in [7, 11) is 1.80. The number of aromatic nitrogens is 3.